The summed E-state index contributed by atoms with van der Waals surface area (Å²) in [4.78, 5) is 15.9. The van der Waals surface area contributed by atoms with E-state index >= 15 is 0 Å². The lowest BCUT2D eigenvalue weighted by atomic mass is 10.2. The number of carbonyl (C=O) groups is 1. The molecule has 1 aromatic carbocycles. The molecule has 1 heterocycles. The zero-order valence-electron chi connectivity index (χ0n) is 12.1. The molecule has 21 heavy (non-hydrogen) atoms. The first kappa shape index (κ1) is 15.5. The van der Waals surface area contributed by atoms with E-state index in [2.05, 4.69) is 31.5 Å². The normalized spacial score (nSPS) is 10.2. The Balaban J connectivity index is 2.05. The Kier molecular flexibility index (Phi) is 5.33. The number of anilines is 2. The summed E-state index contributed by atoms with van der Waals surface area (Å²) in [7, 11) is 0. The predicted molar refractivity (Wildman–Crippen MR) is 89.0 cm³/mol. The highest BCUT2D eigenvalue weighted by atomic mass is 79.9. The molecular formula is C16H18BrN3O. The van der Waals surface area contributed by atoms with Gasteiger partial charge < -0.3 is 10.6 Å². The quantitative estimate of drug-likeness (QED) is 0.858. The minimum absolute atomic E-state index is 0.136. The summed E-state index contributed by atoms with van der Waals surface area (Å²) >= 11 is 3.48. The zero-order valence-corrected chi connectivity index (χ0v) is 13.7. The number of pyridine rings is 1. The molecular weight excluding hydrogens is 330 g/mol. The molecule has 0 bridgehead atoms. The van der Waals surface area contributed by atoms with Crippen molar-refractivity contribution in [3.05, 3.63) is 52.3 Å². The van der Waals surface area contributed by atoms with Crippen LogP contribution < -0.4 is 10.6 Å². The lowest BCUT2D eigenvalue weighted by molar-refractivity contribution is 0.0949. The number of amides is 1. The van der Waals surface area contributed by atoms with Crippen LogP contribution >= 0.6 is 15.9 Å². The molecule has 110 valence electrons. The maximum Gasteiger partial charge on any atom is 0.269 e. The first-order valence-corrected chi connectivity index (χ1v) is 7.67. The number of halogens is 1. The highest BCUT2D eigenvalue weighted by Gasteiger charge is 2.06. The minimum atomic E-state index is -0.136. The third-order valence-corrected chi connectivity index (χ3v) is 3.87. The number of aromatic nitrogens is 1. The van der Waals surface area contributed by atoms with Crippen molar-refractivity contribution in [1.82, 2.24) is 10.3 Å². The van der Waals surface area contributed by atoms with Crippen LogP contribution in [0.5, 0.6) is 0 Å². The predicted octanol–water partition coefficient (Wildman–Crippen LogP) is 4.04. The van der Waals surface area contributed by atoms with Gasteiger partial charge in [-0.05, 0) is 49.2 Å². The van der Waals surface area contributed by atoms with Crippen molar-refractivity contribution in [2.24, 2.45) is 0 Å². The van der Waals surface area contributed by atoms with E-state index in [4.69, 9.17) is 0 Å². The minimum Gasteiger partial charge on any atom is -0.354 e. The number of benzene rings is 1. The average molecular weight is 348 g/mol. The lowest BCUT2D eigenvalue weighted by Gasteiger charge is -2.09. The van der Waals surface area contributed by atoms with Crippen LogP contribution in [0.15, 0.2) is 41.0 Å². The van der Waals surface area contributed by atoms with E-state index in [1.165, 1.54) is 0 Å². The van der Waals surface area contributed by atoms with Crippen molar-refractivity contribution in [3.63, 3.8) is 0 Å². The standard InChI is InChI=1S/C16H18BrN3O/c1-3-8-18-16(21)15-7-5-13(10-19-15)20-12-4-6-14(17)11(2)9-12/h4-7,9-10,20H,3,8H2,1-2H3,(H,18,21). The highest BCUT2D eigenvalue weighted by molar-refractivity contribution is 9.10. The van der Waals surface area contributed by atoms with Crippen molar-refractivity contribution in [2.75, 3.05) is 11.9 Å². The molecule has 0 spiro atoms. The van der Waals surface area contributed by atoms with Crippen molar-refractivity contribution >= 4 is 33.2 Å². The molecule has 4 nitrogen and oxygen atoms in total. The number of carbonyl (C=O) groups excluding carboxylic acids is 1. The molecule has 0 radical (unpaired) electrons. The zero-order chi connectivity index (χ0) is 15.2. The molecule has 0 fully saturated rings. The Morgan fingerprint density at radius 2 is 2.00 bits per heavy atom. The van der Waals surface area contributed by atoms with Gasteiger partial charge in [-0.1, -0.05) is 22.9 Å². The molecule has 2 N–H and O–H groups in total. The van der Waals surface area contributed by atoms with Gasteiger partial charge in [0.05, 0.1) is 11.9 Å². The van der Waals surface area contributed by atoms with Gasteiger partial charge in [0.15, 0.2) is 0 Å². The number of hydrogen-bond donors (Lipinski definition) is 2. The largest absolute Gasteiger partial charge is 0.354 e. The van der Waals surface area contributed by atoms with E-state index in [0.29, 0.717) is 12.2 Å². The van der Waals surface area contributed by atoms with Gasteiger partial charge in [-0.3, -0.25) is 4.79 Å². The van der Waals surface area contributed by atoms with Gasteiger partial charge in [0.2, 0.25) is 0 Å². The molecule has 0 saturated heterocycles. The number of aryl methyl sites for hydroxylation is 1. The summed E-state index contributed by atoms with van der Waals surface area (Å²) in [5.41, 5.74) is 3.42. The maximum atomic E-state index is 11.8. The fourth-order valence-electron chi connectivity index (χ4n) is 1.82. The summed E-state index contributed by atoms with van der Waals surface area (Å²) in [5, 5.41) is 6.07. The second-order valence-electron chi connectivity index (χ2n) is 4.78. The molecule has 5 heteroatoms. The first-order valence-electron chi connectivity index (χ1n) is 6.87. The van der Waals surface area contributed by atoms with Gasteiger partial charge in [0.25, 0.3) is 5.91 Å². The van der Waals surface area contributed by atoms with E-state index in [-0.39, 0.29) is 5.91 Å². The van der Waals surface area contributed by atoms with Gasteiger partial charge >= 0.3 is 0 Å². The first-order chi connectivity index (χ1) is 10.1. The monoisotopic (exact) mass is 347 g/mol. The van der Waals surface area contributed by atoms with Gasteiger partial charge in [0, 0.05) is 16.7 Å². The van der Waals surface area contributed by atoms with Gasteiger partial charge in [-0.25, -0.2) is 4.98 Å². The molecule has 1 aromatic heterocycles. The van der Waals surface area contributed by atoms with Crippen LogP contribution in [0.2, 0.25) is 0 Å². The van der Waals surface area contributed by atoms with Crippen molar-refractivity contribution in [1.29, 1.82) is 0 Å². The van der Waals surface area contributed by atoms with Gasteiger partial charge in [-0.15, -0.1) is 0 Å². The Labute approximate surface area is 133 Å². The molecule has 0 aliphatic heterocycles. The second-order valence-corrected chi connectivity index (χ2v) is 5.63. The molecule has 2 rings (SSSR count). The molecule has 0 atom stereocenters. The van der Waals surface area contributed by atoms with Gasteiger partial charge in [-0.2, -0.15) is 0 Å². The van der Waals surface area contributed by atoms with E-state index in [9.17, 15) is 4.79 Å². The van der Waals surface area contributed by atoms with Crippen LogP contribution in [0.1, 0.15) is 29.4 Å². The number of nitrogens with zero attached hydrogens (tertiary/aromatic N) is 1. The van der Waals surface area contributed by atoms with Crippen molar-refractivity contribution in [2.45, 2.75) is 20.3 Å². The number of hydrogen-bond acceptors (Lipinski definition) is 3. The van der Waals surface area contributed by atoms with E-state index in [0.717, 1.165) is 27.8 Å². The number of nitrogens with one attached hydrogen (secondary N) is 2. The molecule has 0 aliphatic rings. The Morgan fingerprint density at radius 1 is 1.24 bits per heavy atom. The summed E-state index contributed by atoms with van der Waals surface area (Å²) in [6.45, 7) is 4.72. The third kappa shape index (κ3) is 4.29. The highest BCUT2D eigenvalue weighted by Crippen LogP contribution is 2.22. The molecule has 1 amide bonds. The lowest BCUT2D eigenvalue weighted by Crippen LogP contribution is -2.24. The second kappa shape index (κ2) is 7.22. The van der Waals surface area contributed by atoms with Crippen molar-refractivity contribution in [3.8, 4) is 0 Å². The SMILES string of the molecule is CCCNC(=O)c1ccc(Nc2ccc(Br)c(C)c2)cn1. The maximum absolute atomic E-state index is 11.8. The van der Waals surface area contributed by atoms with Gasteiger partial charge in [0.1, 0.15) is 5.69 Å². The topological polar surface area (TPSA) is 54.0 Å². The molecule has 0 aliphatic carbocycles. The fourth-order valence-corrected chi connectivity index (χ4v) is 2.07. The average Bonchev–Trinajstić information content (AvgIpc) is 2.49. The molecule has 0 unspecified atom stereocenters. The third-order valence-electron chi connectivity index (χ3n) is 2.98. The van der Waals surface area contributed by atoms with E-state index in [1.54, 1.807) is 12.3 Å². The van der Waals surface area contributed by atoms with E-state index < -0.39 is 0 Å². The molecule has 2 aromatic rings. The van der Waals surface area contributed by atoms with Crippen LogP contribution in [0.3, 0.4) is 0 Å². The smallest absolute Gasteiger partial charge is 0.269 e. The van der Waals surface area contributed by atoms with Crippen molar-refractivity contribution < 1.29 is 4.79 Å². The van der Waals surface area contributed by atoms with Crippen LogP contribution in [0.25, 0.3) is 0 Å². The van der Waals surface area contributed by atoms with Crippen LogP contribution in [0.4, 0.5) is 11.4 Å². The summed E-state index contributed by atoms with van der Waals surface area (Å²) in [5.74, 6) is -0.136. The Bertz CT molecular complexity index is 626. The fraction of sp³-hybridized carbons (Fsp3) is 0.250. The molecule has 0 saturated carbocycles. The van der Waals surface area contributed by atoms with E-state index in [1.807, 2.05) is 38.1 Å². The summed E-state index contributed by atoms with van der Waals surface area (Å²) < 4.78 is 1.08. The summed E-state index contributed by atoms with van der Waals surface area (Å²) in [6.07, 6.45) is 2.58. The summed E-state index contributed by atoms with van der Waals surface area (Å²) in [6, 6.07) is 9.60. The van der Waals surface area contributed by atoms with Crippen LogP contribution in [-0.2, 0) is 0 Å². The Hall–Kier alpha value is -1.88. The number of rotatable bonds is 5. The van der Waals surface area contributed by atoms with Crippen LogP contribution in [-0.4, -0.2) is 17.4 Å². The Morgan fingerprint density at radius 3 is 2.62 bits per heavy atom. The van der Waals surface area contributed by atoms with Crippen LogP contribution in [0, 0.1) is 6.92 Å².